The molecule has 1 unspecified atom stereocenters. The smallest absolute Gasteiger partial charge is 0.265 e. The van der Waals surface area contributed by atoms with Crippen LogP contribution in [0.4, 0.5) is 5.69 Å². The number of aromatic nitrogens is 2. The van der Waals surface area contributed by atoms with Gasteiger partial charge in [0.2, 0.25) is 0 Å². The SMILES string of the molecule is Cc1nn(C)cc1NC(=O)C(C)Oc1cccc(Cl)c1. The molecule has 0 spiro atoms. The third kappa shape index (κ3) is 3.51. The number of carbonyl (C=O) groups is 1. The zero-order valence-electron chi connectivity index (χ0n) is 11.6. The number of ether oxygens (including phenoxy) is 1. The van der Waals surface area contributed by atoms with Crippen molar-refractivity contribution in [3.05, 3.63) is 41.2 Å². The Hall–Kier alpha value is -2.01. The highest BCUT2D eigenvalue weighted by Crippen LogP contribution is 2.19. The topological polar surface area (TPSA) is 56.2 Å². The first-order valence-corrected chi connectivity index (χ1v) is 6.57. The first-order chi connectivity index (χ1) is 9.45. The van der Waals surface area contributed by atoms with E-state index >= 15 is 0 Å². The number of nitrogens with one attached hydrogen (secondary N) is 1. The first-order valence-electron chi connectivity index (χ1n) is 6.19. The van der Waals surface area contributed by atoms with Crippen LogP contribution in [0.3, 0.4) is 0 Å². The second-order valence-corrected chi connectivity index (χ2v) is 4.94. The number of halogens is 1. The van der Waals surface area contributed by atoms with Crippen molar-refractivity contribution < 1.29 is 9.53 Å². The molecule has 1 aromatic heterocycles. The summed E-state index contributed by atoms with van der Waals surface area (Å²) in [6, 6.07) is 6.94. The van der Waals surface area contributed by atoms with Crippen LogP contribution >= 0.6 is 11.6 Å². The lowest BCUT2D eigenvalue weighted by molar-refractivity contribution is -0.122. The average molecular weight is 294 g/mol. The number of hydrogen-bond donors (Lipinski definition) is 1. The van der Waals surface area contributed by atoms with Crippen molar-refractivity contribution in [2.45, 2.75) is 20.0 Å². The van der Waals surface area contributed by atoms with Gasteiger partial charge in [-0.1, -0.05) is 17.7 Å². The van der Waals surface area contributed by atoms with E-state index in [1.165, 1.54) is 0 Å². The Bertz CT molecular complexity index is 625. The summed E-state index contributed by atoms with van der Waals surface area (Å²) in [5.41, 5.74) is 1.44. The number of benzene rings is 1. The molecule has 0 aliphatic carbocycles. The van der Waals surface area contributed by atoms with Gasteiger partial charge >= 0.3 is 0 Å². The maximum absolute atomic E-state index is 12.1. The molecular formula is C14H16ClN3O2. The van der Waals surface area contributed by atoms with Gasteiger partial charge < -0.3 is 10.1 Å². The summed E-state index contributed by atoms with van der Waals surface area (Å²) < 4.78 is 7.20. The van der Waals surface area contributed by atoms with Gasteiger partial charge in [-0.25, -0.2) is 0 Å². The lowest BCUT2D eigenvalue weighted by atomic mass is 10.3. The number of aryl methyl sites for hydroxylation is 2. The summed E-state index contributed by atoms with van der Waals surface area (Å²) in [6.45, 7) is 3.51. The van der Waals surface area contributed by atoms with Gasteiger partial charge in [-0.15, -0.1) is 0 Å². The molecular weight excluding hydrogens is 278 g/mol. The van der Waals surface area contributed by atoms with Gasteiger partial charge in [0.1, 0.15) is 5.75 Å². The molecule has 0 saturated heterocycles. The van der Waals surface area contributed by atoms with Crippen molar-refractivity contribution in [3.63, 3.8) is 0 Å². The van der Waals surface area contributed by atoms with Crippen LogP contribution in [0, 0.1) is 6.92 Å². The van der Waals surface area contributed by atoms with Crippen molar-refractivity contribution in [1.82, 2.24) is 9.78 Å². The average Bonchev–Trinajstić information content (AvgIpc) is 2.67. The van der Waals surface area contributed by atoms with Crippen LogP contribution in [0.5, 0.6) is 5.75 Å². The molecule has 0 bridgehead atoms. The molecule has 1 aromatic carbocycles. The van der Waals surface area contributed by atoms with Gasteiger partial charge in [0, 0.05) is 18.3 Å². The van der Waals surface area contributed by atoms with E-state index in [1.807, 2.05) is 6.92 Å². The molecule has 0 radical (unpaired) electrons. The van der Waals surface area contributed by atoms with Crippen molar-refractivity contribution in [2.24, 2.45) is 7.05 Å². The minimum Gasteiger partial charge on any atom is -0.481 e. The number of rotatable bonds is 4. The molecule has 2 rings (SSSR count). The van der Waals surface area contributed by atoms with Crippen molar-refractivity contribution >= 4 is 23.2 Å². The number of amides is 1. The summed E-state index contributed by atoms with van der Waals surface area (Å²) in [6.07, 6.45) is 1.12. The highest BCUT2D eigenvalue weighted by molar-refractivity contribution is 6.30. The fraction of sp³-hybridized carbons (Fsp3) is 0.286. The van der Waals surface area contributed by atoms with Crippen molar-refractivity contribution in [3.8, 4) is 5.75 Å². The molecule has 5 nitrogen and oxygen atoms in total. The van der Waals surface area contributed by atoms with E-state index in [0.717, 1.165) is 5.69 Å². The molecule has 0 saturated carbocycles. The lowest BCUT2D eigenvalue weighted by Gasteiger charge is -2.14. The van der Waals surface area contributed by atoms with Crippen LogP contribution in [-0.4, -0.2) is 21.8 Å². The van der Waals surface area contributed by atoms with E-state index in [4.69, 9.17) is 16.3 Å². The standard InChI is InChI=1S/C14H16ClN3O2/c1-9-13(8-18(3)17-9)16-14(19)10(2)20-12-6-4-5-11(15)7-12/h4-8,10H,1-3H3,(H,16,19). The van der Waals surface area contributed by atoms with Crippen LogP contribution in [0.1, 0.15) is 12.6 Å². The van der Waals surface area contributed by atoms with E-state index in [-0.39, 0.29) is 5.91 Å². The van der Waals surface area contributed by atoms with Gasteiger partial charge in [-0.3, -0.25) is 9.48 Å². The van der Waals surface area contributed by atoms with Crippen LogP contribution in [0.2, 0.25) is 5.02 Å². The van der Waals surface area contributed by atoms with Crippen LogP contribution in [0.25, 0.3) is 0 Å². The highest BCUT2D eigenvalue weighted by atomic mass is 35.5. The summed E-state index contributed by atoms with van der Waals surface area (Å²) in [4.78, 5) is 12.1. The van der Waals surface area contributed by atoms with Gasteiger partial charge in [0.15, 0.2) is 6.10 Å². The molecule has 2 aromatic rings. The Morgan fingerprint density at radius 1 is 1.50 bits per heavy atom. The van der Waals surface area contributed by atoms with Crippen LogP contribution < -0.4 is 10.1 Å². The minimum absolute atomic E-state index is 0.235. The second-order valence-electron chi connectivity index (χ2n) is 4.51. The first kappa shape index (κ1) is 14.4. The maximum atomic E-state index is 12.1. The summed E-state index contributed by atoms with van der Waals surface area (Å²) in [5, 5.41) is 7.52. The van der Waals surface area contributed by atoms with E-state index < -0.39 is 6.10 Å². The molecule has 20 heavy (non-hydrogen) atoms. The minimum atomic E-state index is -0.631. The molecule has 1 heterocycles. The quantitative estimate of drug-likeness (QED) is 0.943. The highest BCUT2D eigenvalue weighted by Gasteiger charge is 2.16. The molecule has 0 fully saturated rings. The molecule has 1 N–H and O–H groups in total. The van der Waals surface area contributed by atoms with Crippen LogP contribution in [-0.2, 0) is 11.8 Å². The third-order valence-electron chi connectivity index (χ3n) is 2.75. The Balaban J connectivity index is 2.00. The molecule has 1 atom stereocenters. The predicted octanol–water partition coefficient (Wildman–Crippen LogP) is 2.79. The van der Waals surface area contributed by atoms with Crippen LogP contribution in [0.15, 0.2) is 30.5 Å². The normalized spacial score (nSPS) is 12.0. The fourth-order valence-electron chi connectivity index (χ4n) is 1.75. The van der Waals surface area contributed by atoms with E-state index in [1.54, 1.807) is 49.1 Å². The number of hydrogen-bond acceptors (Lipinski definition) is 3. The number of carbonyl (C=O) groups excluding carboxylic acids is 1. The maximum Gasteiger partial charge on any atom is 0.265 e. The van der Waals surface area contributed by atoms with Gasteiger partial charge in [-0.2, -0.15) is 5.10 Å². The van der Waals surface area contributed by atoms with E-state index in [2.05, 4.69) is 10.4 Å². The zero-order chi connectivity index (χ0) is 14.7. The Morgan fingerprint density at radius 2 is 2.25 bits per heavy atom. The monoisotopic (exact) mass is 293 g/mol. The molecule has 1 amide bonds. The van der Waals surface area contributed by atoms with Gasteiger partial charge in [0.25, 0.3) is 5.91 Å². The molecule has 6 heteroatoms. The third-order valence-corrected chi connectivity index (χ3v) is 2.98. The number of nitrogens with zero attached hydrogens (tertiary/aromatic N) is 2. The summed E-state index contributed by atoms with van der Waals surface area (Å²) >= 11 is 5.87. The Labute approximate surface area is 122 Å². The fourth-order valence-corrected chi connectivity index (χ4v) is 1.93. The largest absolute Gasteiger partial charge is 0.481 e. The van der Waals surface area contributed by atoms with Crippen molar-refractivity contribution in [1.29, 1.82) is 0 Å². The van der Waals surface area contributed by atoms with E-state index in [0.29, 0.717) is 16.5 Å². The Morgan fingerprint density at radius 3 is 2.85 bits per heavy atom. The van der Waals surface area contributed by atoms with Gasteiger partial charge in [0.05, 0.1) is 11.4 Å². The predicted molar refractivity (Wildman–Crippen MR) is 78.1 cm³/mol. The summed E-state index contributed by atoms with van der Waals surface area (Å²) in [7, 11) is 1.80. The zero-order valence-corrected chi connectivity index (χ0v) is 12.3. The Kier molecular flexibility index (Phi) is 4.29. The second kappa shape index (κ2) is 5.96. The summed E-state index contributed by atoms with van der Waals surface area (Å²) in [5.74, 6) is 0.323. The van der Waals surface area contributed by atoms with Crippen molar-refractivity contribution in [2.75, 3.05) is 5.32 Å². The molecule has 106 valence electrons. The number of anilines is 1. The lowest BCUT2D eigenvalue weighted by Crippen LogP contribution is -2.30. The molecule has 0 aliphatic rings. The van der Waals surface area contributed by atoms with E-state index in [9.17, 15) is 4.79 Å². The van der Waals surface area contributed by atoms with Gasteiger partial charge in [-0.05, 0) is 32.0 Å². The molecule has 0 aliphatic heterocycles.